The number of benzene rings is 3. The Balaban J connectivity index is 1.84. The van der Waals surface area contributed by atoms with Gasteiger partial charge in [0.05, 0.1) is 16.1 Å². The summed E-state index contributed by atoms with van der Waals surface area (Å²) in [5.41, 5.74) is 1.56. The summed E-state index contributed by atoms with van der Waals surface area (Å²) >= 11 is 0. The topological polar surface area (TPSA) is 78.4 Å². The molecular weight excluding hydrogens is 332 g/mol. The molecule has 0 bridgehead atoms. The van der Waals surface area contributed by atoms with E-state index in [1.54, 1.807) is 66.7 Å². The molecule has 26 heavy (non-hydrogen) atoms. The first-order chi connectivity index (χ1) is 12.6. The van der Waals surface area contributed by atoms with Gasteiger partial charge in [-0.05, 0) is 18.2 Å². The zero-order valence-electron chi connectivity index (χ0n) is 13.8. The second-order valence-electron chi connectivity index (χ2n) is 5.50. The third kappa shape index (κ3) is 4.05. The van der Waals surface area contributed by atoms with Gasteiger partial charge < -0.3 is 9.94 Å². The van der Waals surface area contributed by atoms with Crippen LogP contribution in [-0.4, -0.2) is 15.9 Å². The number of para-hydroxylation sites is 3. The van der Waals surface area contributed by atoms with Crippen LogP contribution in [0.1, 0.15) is 11.1 Å². The molecule has 6 heteroatoms. The second-order valence-corrected chi connectivity index (χ2v) is 5.50. The van der Waals surface area contributed by atoms with Gasteiger partial charge in [-0.3, -0.25) is 10.1 Å². The van der Waals surface area contributed by atoms with Crippen LogP contribution in [0, 0.1) is 15.3 Å². The third-order valence-electron chi connectivity index (χ3n) is 3.76. The van der Waals surface area contributed by atoms with Crippen molar-refractivity contribution in [1.82, 2.24) is 0 Å². The van der Waals surface area contributed by atoms with Gasteiger partial charge in [0, 0.05) is 18.2 Å². The SMILES string of the molecule is O=[N+]([O-])c1ccccc1COc1ccccc1/C=[N+](\[O-])c1ccccc1. The number of hydrogen-bond acceptors (Lipinski definition) is 4. The van der Waals surface area contributed by atoms with Crippen molar-refractivity contribution >= 4 is 17.6 Å². The van der Waals surface area contributed by atoms with E-state index in [-0.39, 0.29) is 12.3 Å². The molecule has 0 atom stereocenters. The predicted molar refractivity (Wildman–Crippen MR) is 98.8 cm³/mol. The van der Waals surface area contributed by atoms with Gasteiger partial charge in [-0.1, -0.05) is 42.5 Å². The molecule has 0 aliphatic carbocycles. The summed E-state index contributed by atoms with van der Waals surface area (Å²) in [6.07, 6.45) is 1.42. The molecule has 0 aliphatic heterocycles. The van der Waals surface area contributed by atoms with Gasteiger partial charge in [0.25, 0.3) is 5.69 Å². The maximum absolute atomic E-state index is 12.3. The number of rotatable bonds is 6. The molecule has 3 rings (SSSR count). The second kappa shape index (κ2) is 7.94. The van der Waals surface area contributed by atoms with E-state index < -0.39 is 4.92 Å². The molecule has 3 aromatic carbocycles. The average Bonchev–Trinajstić information content (AvgIpc) is 2.68. The number of hydrogen-bond donors (Lipinski definition) is 0. The molecule has 0 saturated carbocycles. The Morgan fingerprint density at radius 3 is 2.27 bits per heavy atom. The number of nitrogens with zero attached hydrogens (tertiary/aromatic N) is 2. The van der Waals surface area contributed by atoms with Gasteiger partial charge in [-0.2, -0.15) is 4.74 Å². The molecule has 0 fully saturated rings. The van der Waals surface area contributed by atoms with E-state index in [1.165, 1.54) is 12.3 Å². The Kier molecular flexibility index (Phi) is 5.24. The highest BCUT2D eigenvalue weighted by Gasteiger charge is 2.14. The molecule has 0 unspecified atom stereocenters. The van der Waals surface area contributed by atoms with Crippen molar-refractivity contribution in [3.8, 4) is 5.75 Å². The van der Waals surface area contributed by atoms with Gasteiger partial charge >= 0.3 is 0 Å². The summed E-state index contributed by atoms with van der Waals surface area (Å²) in [7, 11) is 0. The maximum Gasteiger partial charge on any atom is 0.276 e. The van der Waals surface area contributed by atoms with Crippen LogP contribution in [0.4, 0.5) is 11.4 Å². The van der Waals surface area contributed by atoms with E-state index in [0.29, 0.717) is 22.6 Å². The Labute approximate surface area is 150 Å². The Hall–Kier alpha value is -3.67. The highest BCUT2D eigenvalue weighted by molar-refractivity contribution is 5.80. The predicted octanol–water partition coefficient (Wildman–Crippen LogP) is 4.43. The molecule has 0 aromatic heterocycles. The zero-order valence-corrected chi connectivity index (χ0v) is 13.8. The lowest BCUT2D eigenvalue weighted by molar-refractivity contribution is -0.385. The van der Waals surface area contributed by atoms with Crippen LogP contribution in [0.5, 0.6) is 5.75 Å². The lowest BCUT2D eigenvalue weighted by atomic mass is 10.2. The summed E-state index contributed by atoms with van der Waals surface area (Å²) < 4.78 is 6.51. The summed E-state index contributed by atoms with van der Waals surface area (Å²) in [6, 6.07) is 22.3. The first kappa shape index (κ1) is 17.2. The number of nitro benzene ring substituents is 1. The minimum absolute atomic E-state index is 0.00342. The Bertz CT molecular complexity index is 939. The monoisotopic (exact) mass is 348 g/mol. The fourth-order valence-electron chi connectivity index (χ4n) is 2.46. The fraction of sp³-hybridized carbons (Fsp3) is 0.0500. The van der Waals surface area contributed by atoms with Gasteiger partial charge in [-0.15, -0.1) is 0 Å². The normalized spacial score (nSPS) is 11.2. The Morgan fingerprint density at radius 1 is 0.846 bits per heavy atom. The highest BCUT2D eigenvalue weighted by Crippen LogP contribution is 2.22. The van der Waals surface area contributed by atoms with Crippen LogP contribution in [0.3, 0.4) is 0 Å². The molecule has 3 aromatic rings. The van der Waals surface area contributed by atoms with Crippen LogP contribution in [0.25, 0.3) is 0 Å². The van der Waals surface area contributed by atoms with E-state index in [2.05, 4.69) is 0 Å². The molecule has 0 spiro atoms. The molecule has 0 aliphatic rings. The summed E-state index contributed by atoms with van der Waals surface area (Å²) in [4.78, 5) is 10.7. The van der Waals surface area contributed by atoms with Crippen LogP contribution >= 0.6 is 0 Å². The standard InChI is InChI=1S/C20H16N2O4/c23-21(18-10-2-1-3-11-18)14-16-8-5-7-13-20(16)26-15-17-9-4-6-12-19(17)22(24)25/h1-14H,15H2/b21-14-. The van der Waals surface area contributed by atoms with Crippen molar-refractivity contribution < 1.29 is 14.4 Å². The molecule has 130 valence electrons. The lowest BCUT2D eigenvalue weighted by Crippen LogP contribution is -2.04. The summed E-state index contributed by atoms with van der Waals surface area (Å²) in [5, 5.41) is 23.4. The first-order valence-corrected chi connectivity index (χ1v) is 7.95. The van der Waals surface area contributed by atoms with Crippen molar-refractivity contribution in [2.24, 2.45) is 0 Å². The molecule has 0 radical (unpaired) electrons. The minimum atomic E-state index is -0.439. The summed E-state index contributed by atoms with van der Waals surface area (Å²) in [6.45, 7) is 0.0339. The van der Waals surface area contributed by atoms with Crippen molar-refractivity contribution in [1.29, 1.82) is 0 Å². The fourth-order valence-corrected chi connectivity index (χ4v) is 2.46. The van der Waals surface area contributed by atoms with Gasteiger partial charge in [0.15, 0.2) is 6.21 Å². The average molecular weight is 348 g/mol. The van der Waals surface area contributed by atoms with Gasteiger partial charge in [-0.25, -0.2) is 0 Å². The van der Waals surface area contributed by atoms with Crippen molar-refractivity contribution in [3.63, 3.8) is 0 Å². The molecule has 0 heterocycles. The van der Waals surface area contributed by atoms with Crippen molar-refractivity contribution in [2.45, 2.75) is 6.61 Å². The van der Waals surface area contributed by atoms with E-state index >= 15 is 0 Å². The van der Waals surface area contributed by atoms with Crippen LogP contribution in [0.15, 0.2) is 78.9 Å². The molecule has 0 amide bonds. The van der Waals surface area contributed by atoms with E-state index in [1.807, 2.05) is 6.07 Å². The van der Waals surface area contributed by atoms with Crippen LogP contribution in [0.2, 0.25) is 0 Å². The quantitative estimate of drug-likeness (QED) is 0.217. The largest absolute Gasteiger partial charge is 0.618 e. The minimum Gasteiger partial charge on any atom is -0.618 e. The molecule has 0 N–H and O–H groups in total. The van der Waals surface area contributed by atoms with Crippen molar-refractivity contribution in [3.05, 3.63) is 105 Å². The molecule has 6 nitrogen and oxygen atoms in total. The molecular formula is C20H16N2O4. The first-order valence-electron chi connectivity index (χ1n) is 7.95. The van der Waals surface area contributed by atoms with Crippen molar-refractivity contribution in [2.75, 3.05) is 0 Å². The van der Waals surface area contributed by atoms with E-state index in [4.69, 9.17) is 4.74 Å². The third-order valence-corrected chi connectivity index (χ3v) is 3.76. The highest BCUT2D eigenvalue weighted by atomic mass is 16.6. The van der Waals surface area contributed by atoms with Gasteiger partial charge in [0.1, 0.15) is 12.4 Å². The smallest absolute Gasteiger partial charge is 0.276 e. The lowest BCUT2D eigenvalue weighted by Gasteiger charge is -2.09. The number of ether oxygens (including phenoxy) is 1. The summed E-state index contributed by atoms with van der Waals surface area (Å²) in [5.74, 6) is 0.474. The maximum atomic E-state index is 12.3. The van der Waals surface area contributed by atoms with E-state index in [0.717, 1.165) is 4.74 Å². The zero-order chi connectivity index (χ0) is 18.4. The van der Waals surface area contributed by atoms with Crippen LogP contribution in [-0.2, 0) is 6.61 Å². The Morgan fingerprint density at radius 2 is 1.50 bits per heavy atom. The van der Waals surface area contributed by atoms with Gasteiger partial charge in [0.2, 0.25) is 5.69 Å². The number of nitro groups is 1. The van der Waals surface area contributed by atoms with Crippen LogP contribution < -0.4 is 4.74 Å². The van der Waals surface area contributed by atoms with E-state index in [9.17, 15) is 15.3 Å². The molecule has 0 saturated heterocycles.